The van der Waals surface area contributed by atoms with Crippen molar-refractivity contribution in [3.63, 3.8) is 0 Å². The molecule has 0 amide bonds. The molecule has 10 nitrogen and oxygen atoms in total. The third kappa shape index (κ3) is 4.49. The van der Waals surface area contributed by atoms with Crippen molar-refractivity contribution in [3.05, 3.63) is 22.7 Å². The van der Waals surface area contributed by atoms with Crippen molar-refractivity contribution in [1.82, 2.24) is 9.55 Å². The van der Waals surface area contributed by atoms with Gasteiger partial charge >= 0.3 is 13.5 Å². The van der Waals surface area contributed by atoms with E-state index in [1.165, 1.54) is 12.3 Å². The van der Waals surface area contributed by atoms with Gasteiger partial charge < -0.3 is 10.5 Å². The van der Waals surface area contributed by atoms with Gasteiger partial charge in [0.05, 0.1) is 6.61 Å². The van der Waals surface area contributed by atoms with E-state index in [2.05, 4.69) is 4.98 Å². The summed E-state index contributed by atoms with van der Waals surface area (Å²) in [7, 11) is -4.14. The Bertz CT molecular complexity index is 923. The smallest absolute Gasteiger partial charge is 0.383 e. The molecule has 0 saturated carbocycles. The molecular formula is C17H25FN3O7PS. The number of thioether (sulfide) groups is 1. The predicted octanol–water partition coefficient (Wildman–Crippen LogP) is 2.64. The van der Waals surface area contributed by atoms with E-state index >= 15 is 4.39 Å². The number of carbonyl (C=O) groups excluding carboxylic acids is 1. The van der Waals surface area contributed by atoms with Crippen LogP contribution in [0, 0.1) is 5.41 Å². The van der Waals surface area contributed by atoms with Crippen LogP contribution in [0.2, 0.25) is 0 Å². The average molecular weight is 465 g/mol. The van der Waals surface area contributed by atoms with Crippen LogP contribution in [-0.4, -0.2) is 45.1 Å². The summed E-state index contributed by atoms with van der Waals surface area (Å²) >= 11 is 0.823. The fourth-order valence-corrected chi connectivity index (χ4v) is 5.51. The van der Waals surface area contributed by atoms with Gasteiger partial charge in [-0.3, -0.25) is 22.9 Å². The van der Waals surface area contributed by atoms with Crippen LogP contribution in [0.15, 0.2) is 17.1 Å². The summed E-state index contributed by atoms with van der Waals surface area (Å²) in [6, 6.07) is 1.34. The zero-order valence-electron chi connectivity index (χ0n) is 17.1. The summed E-state index contributed by atoms with van der Waals surface area (Å²) in [5.74, 6) is -0.283. The summed E-state index contributed by atoms with van der Waals surface area (Å²) < 4.78 is 50.9. The Morgan fingerprint density at radius 1 is 1.53 bits per heavy atom. The lowest BCUT2D eigenvalue weighted by atomic mass is 9.94. The predicted molar refractivity (Wildman–Crippen MR) is 107 cm³/mol. The number of phosphoric ester groups is 1. The number of phosphoric acid groups is 1. The van der Waals surface area contributed by atoms with Crippen LogP contribution in [0.4, 0.5) is 10.2 Å². The van der Waals surface area contributed by atoms with E-state index in [1.807, 2.05) is 0 Å². The Labute approximate surface area is 177 Å². The molecule has 2 saturated heterocycles. The lowest BCUT2D eigenvalue weighted by Gasteiger charge is -2.39. The second kappa shape index (κ2) is 8.33. The second-order valence-corrected chi connectivity index (χ2v) is 10.6. The number of aromatic nitrogens is 2. The number of halogens is 1. The Morgan fingerprint density at radius 2 is 2.23 bits per heavy atom. The molecule has 5 atom stereocenters. The molecule has 2 aliphatic rings. The highest BCUT2D eigenvalue weighted by molar-refractivity contribution is 8.13. The molecule has 0 spiro atoms. The van der Waals surface area contributed by atoms with Gasteiger partial charge in [-0.15, -0.1) is 0 Å². The molecule has 0 aliphatic carbocycles. The van der Waals surface area contributed by atoms with Crippen molar-refractivity contribution in [3.8, 4) is 0 Å². The number of nitrogens with two attached hydrogens (primary N) is 1. The Morgan fingerprint density at radius 3 is 2.83 bits per heavy atom. The molecule has 2 fully saturated rings. The molecule has 0 radical (unpaired) electrons. The minimum Gasteiger partial charge on any atom is -0.383 e. The number of rotatable bonds is 5. The molecule has 2 N–H and O–H groups in total. The van der Waals surface area contributed by atoms with Gasteiger partial charge in [0.1, 0.15) is 23.5 Å². The largest absolute Gasteiger partial charge is 0.476 e. The van der Waals surface area contributed by atoms with Gasteiger partial charge in [-0.2, -0.15) is 4.98 Å². The first kappa shape index (κ1) is 23.4. The number of anilines is 1. The highest BCUT2D eigenvalue weighted by atomic mass is 32.2. The fourth-order valence-electron chi connectivity index (χ4n) is 3.09. The van der Waals surface area contributed by atoms with Gasteiger partial charge in [0.15, 0.2) is 17.5 Å². The maximum atomic E-state index is 15.3. The first-order valence-electron chi connectivity index (χ1n) is 9.32. The van der Waals surface area contributed by atoms with Crippen LogP contribution in [-0.2, 0) is 27.7 Å². The van der Waals surface area contributed by atoms with Gasteiger partial charge in [0.2, 0.25) is 0 Å². The summed E-state index contributed by atoms with van der Waals surface area (Å²) in [6.45, 7) is 6.69. The van der Waals surface area contributed by atoms with Gasteiger partial charge in [0.25, 0.3) is 0 Å². The first-order chi connectivity index (χ1) is 13.9. The molecule has 2 aliphatic heterocycles. The SMILES string of the molecule is CC[C@@]12COP(=O)(OCSC(=O)C(C)(C)C)O[C@H]1[C@@H](F)[C@H](n1ccc(N)nc1=O)O2. The standard InChI is InChI=1S/C17H25FN3O7PS/c1-5-17-8-25-29(24,26-9-30-14(22)16(2,3)4)28-12(17)11(18)13(27-17)21-7-6-10(19)20-15(21)23/h6-7,11-13H,5,8-9H2,1-4H3,(H2,19,20,23)/t11-,12+,13-,17-,29?/m1/s1. The van der Waals surface area contributed by atoms with Crippen molar-refractivity contribution >= 4 is 30.5 Å². The van der Waals surface area contributed by atoms with E-state index in [0.29, 0.717) is 0 Å². The monoisotopic (exact) mass is 465 g/mol. The molecule has 13 heteroatoms. The van der Waals surface area contributed by atoms with Crippen LogP contribution in [0.1, 0.15) is 40.3 Å². The number of alkyl halides is 1. The summed E-state index contributed by atoms with van der Waals surface area (Å²) in [5, 5.41) is -0.170. The van der Waals surface area contributed by atoms with Crippen LogP contribution in [0.5, 0.6) is 0 Å². The van der Waals surface area contributed by atoms with E-state index in [-0.39, 0.29) is 29.9 Å². The minimum absolute atomic E-state index is 0.00735. The topological polar surface area (TPSA) is 132 Å². The number of hydrogen-bond donors (Lipinski definition) is 1. The summed E-state index contributed by atoms with van der Waals surface area (Å²) in [6.07, 6.45) is -2.97. The summed E-state index contributed by atoms with van der Waals surface area (Å²) in [4.78, 5) is 27.7. The highest BCUT2D eigenvalue weighted by Crippen LogP contribution is 2.61. The molecular weight excluding hydrogens is 440 g/mol. The van der Waals surface area contributed by atoms with Gasteiger partial charge in [0, 0.05) is 11.6 Å². The molecule has 0 bridgehead atoms. The molecule has 0 aromatic carbocycles. The van der Waals surface area contributed by atoms with E-state index < -0.39 is 43.0 Å². The highest BCUT2D eigenvalue weighted by Gasteiger charge is 2.62. The lowest BCUT2D eigenvalue weighted by Crippen LogP contribution is -2.49. The zero-order chi connectivity index (χ0) is 22.3. The third-order valence-corrected chi connectivity index (χ3v) is 7.54. The lowest BCUT2D eigenvalue weighted by molar-refractivity contribution is -0.148. The molecule has 168 valence electrons. The van der Waals surface area contributed by atoms with Crippen LogP contribution in [0.3, 0.4) is 0 Å². The van der Waals surface area contributed by atoms with E-state index in [9.17, 15) is 14.2 Å². The molecule has 1 aromatic rings. The number of hydrogen-bond acceptors (Lipinski definition) is 10. The normalized spacial score (nSPS) is 34.0. The van der Waals surface area contributed by atoms with Crippen molar-refractivity contribution < 1.29 is 32.1 Å². The van der Waals surface area contributed by atoms with Crippen molar-refractivity contribution in [1.29, 1.82) is 0 Å². The second-order valence-electron chi connectivity index (χ2n) is 8.09. The molecule has 30 heavy (non-hydrogen) atoms. The number of carbonyl (C=O) groups is 1. The zero-order valence-corrected chi connectivity index (χ0v) is 18.8. The molecule has 1 aromatic heterocycles. The quantitative estimate of drug-likeness (QED) is 0.511. The van der Waals surface area contributed by atoms with Crippen LogP contribution >= 0.6 is 19.6 Å². The minimum atomic E-state index is -4.14. The molecule has 1 unspecified atom stereocenters. The van der Waals surface area contributed by atoms with E-state index in [4.69, 9.17) is 24.0 Å². The Hall–Kier alpha value is -1.30. The van der Waals surface area contributed by atoms with Gasteiger partial charge in [-0.25, -0.2) is 13.8 Å². The van der Waals surface area contributed by atoms with Crippen LogP contribution < -0.4 is 11.4 Å². The van der Waals surface area contributed by atoms with Crippen molar-refractivity contribution in [2.24, 2.45) is 5.41 Å². The van der Waals surface area contributed by atoms with Crippen molar-refractivity contribution in [2.45, 2.75) is 58.2 Å². The van der Waals surface area contributed by atoms with Crippen molar-refractivity contribution in [2.75, 3.05) is 18.3 Å². The third-order valence-electron chi connectivity index (χ3n) is 4.88. The number of fused-ring (bicyclic) bond motifs is 1. The maximum absolute atomic E-state index is 15.3. The average Bonchev–Trinajstić information content (AvgIpc) is 2.94. The van der Waals surface area contributed by atoms with Gasteiger partial charge in [-0.1, -0.05) is 39.5 Å². The number of ether oxygens (including phenoxy) is 1. The molecule has 3 heterocycles. The maximum Gasteiger partial charge on any atom is 0.476 e. The fraction of sp³-hybridized carbons (Fsp3) is 0.706. The van der Waals surface area contributed by atoms with E-state index in [0.717, 1.165) is 16.3 Å². The van der Waals surface area contributed by atoms with Gasteiger partial charge in [-0.05, 0) is 12.5 Å². The number of nitrogen functional groups attached to an aromatic ring is 1. The Balaban J connectivity index is 1.75. The molecule has 3 rings (SSSR count). The van der Waals surface area contributed by atoms with Crippen LogP contribution in [0.25, 0.3) is 0 Å². The Kier molecular flexibility index (Phi) is 6.48. The first-order valence-corrected chi connectivity index (χ1v) is 11.8. The summed E-state index contributed by atoms with van der Waals surface area (Å²) in [5.41, 5.74) is 2.82. The van der Waals surface area contributed by atoms with E-state index in [1.54, 1.807) is 27.7 Å². The number of nitrogens with zero attached hydrogens (tertiary/aromatic N) is 2.